The molecule has 0 aromatic rings. The van der Waals surface area contributed by atoms with Gasteiger partial charge in [0.1, 0.15) is 0 Å². The molecule has 1 N–H and O–H groups in total. The first kappa shape index (κ1) is 17.8. The highest BCUT2D eigenvalue weighted by Gasteiger charge is 1.97. The van der Waals surface area contributed by atoms with E-state index in [1.165, 1.54) is 50.7 Å². The molecule has 0 aromatic heterocycles. The van der Waals surface area contributed by atoms with Crippen LogP contribution in [0.15, 0.2) is 0 Å². The Bertz CT molecular complexity index is 193. The summed E-state index contributed by atoms with van der Waals surface area (Å²) < 4.78 is 0. The zero-order valence-electron chi connectivity index (χ0n) is 12.1. The van der Waals surface area contributed by atoms with E-state index in [9.17, 15) is 4.79 Å². The Hall–Kier alpha value is -0.180. The van der Waals surface area contributed by atoms with Crippen molar-refractivity contribution in [2.24, 2.45) is 0 Å². The van der Waals surface area contributed by atoms with E-state index in [2.05, 4.69) is 25.6 Å². The first-order chi connectivity index (χ1) is 8.63. The summed E-state index contributed by atoms with van der Waals surface area (Å²) >= 11 is 2.06. The highest BCUT2D eigenvalue weighted by atomic mass is 32.2. The van der Waals surface area contributed by atoms with E-state index in [4.69, 9.17) is 5.11 Å². The Morgan fingerprint density at radius 1 is 0.889 bits per heavy atom. The molecule has 108 valence electrons. The zero-order chi connectivity index (χ0) is 13.6. The van der Waals surface area contributed by atoms with E-state index >= 15 is 0 Å². The van der Waals surface area contributed by atoms with Crippen molar-refractivity contribution in [2.45, 2.75) is 83.3 Å². The highest BCUT2D eigenvalue weighted by Crippen LogP contribution is 2.14. The minimum Gasteiger partial charge on any atom is -0.481 e. The maximum Gasteiger partial charge on any atom is 0.303 e. The van der Waals surface area contributed by atoms with E-state index in [0.717, 1.165) is 18.1 Å². The number of carboxylic acid groups (broad SMARTS) is 1. The Kier molecular flexibility index (Phi) is 13.1. The molecule has 0 rings (SSSR count). The summed E-state index contributed by atoms with van der Waals surface area (Å²) in [5, 5.41) is 9.26. The van der Waals surface area contributed by atoms with E-state index in [-0.39, 0.29) is 0 Å². The molecule has 0 aliphatic carbocycles. The van der Waals surface area contributed by atoms with E-state index in [0.29, 0.717) is 6.42 Å². The number of rotatable bonds is 13. The van der Waals surface area contributed by atoms with Gasteiger partial charge in [0, 0.05) is 6.42 Å². The maximum atomic E-state index is 10.3. The number of unbranched alkanes of at least 4 members (excludes halogenated alkanes) is 8. The van der Waals surface area contributed by atoms with Crippen LogP contribution in [0.2, 0.25) is 0 Å². The maximum absolute atomic E-state index is 10.3. The molecule has 18 heavy (non-hydrogen) atoms. The summed E-state index contributed by atoms with van der Waals surface area (Å²) in [5.41, 5.74) is 0. The van der Waals surface area contributed by atoms with Gasteiger partial charge >= 0.3 is 5.97 Å². The Morgan fingerprint density at radius 3 is 1.78 bits per heavy atom. The lowest BCUT2D eigenvalue weighted by atomic mass is 10.1. The molecule has 0 atom stereocenters. The van der Waals surface area contributed by atoms with Crippen molar-refractivity contribution >= 4 is 17.7 Å². The molecular formula is C15H30O2S. The van der Waals surface area contributed by atoms with E-state index in [1.807, 2.05) is 0 Å². The standard InChI is InChI=1S/C15H30O2S/c1-14(2)18-13-11-9-7-5-3-4-6-8-10-12-15(16)17/h14H,3-13H2,1-2H3,(H,16,17). The Labute approximate surface area is 117 Å². The third-order valence-electron chi connectivity index (χ3n) is 2.99. The number of aliphatic carboxylic acids is 1. The van der Waals surface area contributed by atoms with Crippen molar-refractivity contribution in [3.8, 4) is 0 Å². The molecule has 0 spiro atoms. The lowest BCUT2D eigenvalue weighted by Gasteiger charge is -2.04. The first-order valence-corrected chi connectivity index (χ1v) is 8.51. The molecule has 0 aromatic carbocycles. The molecule has 0 bridgehead atoms. The summed E-state index contributed by atoms with van der Waals surface area (Å²) in [6.07, 6.45) is 11.5. The van der Waals surface area contributed by atoms with Crippen LogP contribution in [-0.4, -0.2) is 22.1 Å². The van der Waals surface area contributed by atoms with Crippen molar-refractivity contribution in [3.63, 3.8) is 0 Å². The average molecular weight is 274 g/mol. The molecule has 0 aliphatic heterocycles. The topological polar surface area (TPSA) is 37.3 Å². The van der Waals surface area contributed by atoms with Crippen LogP contribution in [0.5, 0.6) is 0 Å². The first-order valence-electron chi connectivity index (χ1n) is 7.46. The molecule has 0 amide bonds. The fraction of sp³-hybridized carbons (Fsp3) is 0.933. The minimum absolute atomic E-state index is 0.341. The summed E-state index contributed by atoms with van der Waals surface area (Å²) in [6, 6.07) is 0. The molecule has 0 unspecified atom stereocenters. The predicted octanol–water partition coefficient (Wildman–Crippen LogP) is 5.11. The second-order valence-electron chi connectivity index (χ2n) is 5.25. The summed E-state index contributed by atoms with van der Waals surface area (Å²) in [4.78, 5) is 10.3. The number of hydrogen-bond donors (Lipinski definition) is 1. The van der Waals surface area contributed by atoms with Crippen LogP contribution in [0.1, 0.15) is 78.1 Å². The third-order valence-corrected chi connectivity index (χ3v) is 4.18. The number of thioether (sulfide) groups is 1. The van der Waals surface area contributed by atoms with Crippen molar-refractivity contribution in [1.29, 1.82) is 0 Å². The quantitative estimate of drug-likeness (QED) is 0.474. The van der Waals surface area contributed by atoms with Crippen molar-refractivity contribution in [2.75, 3.05) is 5.75 Å². The predicted molar refractivity (Wildman–Crippen MR) is 81.4 cm³/mol. The van der Waals surface area contributed by atoms with Crippen LogP contribution in [-0.2, 0) is 4.79 Å². The molecule has 0 heterocycles. The molecule has 0 radical (unpaired) electrons. The molecule has 0 aliphatic rings. The van der Waals surface area contributed by atoms with Crippen LogP contribution in [0, 0.1) is 0 Å². The molecule has 2 nitrogen and oxygen atoms in total. The average Bonchev–Trinajstić information content (AvgIpc) is 2.29. The summed E-state index contributed by atoms with van der Waals surface area (Å²) in [6.45, 7) is 4.52. The van der Waals surface area contributed by atoms with Gasteiger partial charge in [-0.2, -0.15) is 11.8 Å². The second kappa shape index (κ2) is 13.3. The van der Waals surface area contributed by atoms with Gasteiger partial charge in [0.15, 0.2) is 0 Å². The van der Waals surface area contributed by atoms with Gasteiger partial charge in [0.2, 0.25) is 0 Å². The van der Waals surface area contributed by atoms with Crippen molar-refractivity contribution in [3.05, 3.63) is 0 Å². The SMILES string of the molecule is CC(C)SCCCCCCCCCCCC(=O)O. The molecular weight excluding hydrogens is 244 g/mol. The van der Waals surface area contributed by atoms with Crippen LogP contribution in [0.4, 0.5) is 0 Å². The van der Waals surface area contributed by atoms with Crippen molar-refractivity contribution in [1.82, 2.24) is 0 Å². The van der Waals surface area contributed by atoms with Crippen molar-refractivity contribution < 1.29 is 9.90 Å². The van der Waals surface area contributed by atoms with Gasteiger partial charge in [0.25, 0.3) is 0 Å². The highest BCUT2D eigenvalue weighted by molar-refractivity contribution is 7.99. The van der Waals surface area contributed by atoms with Gasteiger partial charge in [0.05, 0.1) is 0 Å². The Morgan fingerprint density at radius 2 is 1.33 bits per heavy atom. The Balaban J connectivity index is 2.97. The fourth-order valence-electron chi connectivity index (χ4n) is 1.93. The van der Waals surface area contributed by atoms with Gasteiger partial charge in [-0.15, -0.1) is 0 Å². The van der Waals surface area contributed by atoms with Crippen LogP contribution < -0.4 is 0 Å². The lowest BCUT2D eigenvalue weighted by molar-refractivity contribution is -0.137. The van der Waals surface area contributed by atoms with E-state index in [1.54, 1.807) is 0 Å². The smallest absolute Gasteiger partial charge is 0.303 e. The summed E-state index contributed by atoms with van der Waals surface area (Å²) in [5.74, 6) is 0.654. The van der Waals surface area contributed by atoms with Crippen LogP contribution in [0.3, 0.4) is 0 Å². The number of carboxylic acids is 1. The molecule has 0 saturated carbocycles. The fourth-order valence-corrected chi connectivity index (χ4v) is 2.78. The third kappa shape index (κ3) is 15.8. The van der Waals surface area contributed by atoms with Gasteiger partial charge in [-0.05, 0) is 23.8 Å². The van der Waals surface area contributed by atoms with Gasteiger partial charge in [-0.1, -0.05) is 58.8 Å². The minimum atomic E-state index is -0.658. The number of hydrogen-bond acceptors (Lipinski definition) is 2. The van der Waals surface area contributed by atoms with Gasteiger partial charge in [-0.25, -0.2) is 0 Å². The molecule has 0 fully saturated rings. The largest absolute Gasteiger partial charge is 0.481 e. The molecule has 0 saturated heterocycles. The molecule has 3 heteroatoms. The van der Waals surface area contributed by atoms with E-state index < -0.39 is 5.97 Å². The van der Waals surface area contributed by atoms with Gasteiger partial charge < -0.3 is 5.11 Å². The second-order valence-corrected chi connectivity index (χ2v) is 6.93. The summed E-state index contributed by atoms with van der Waals surface area (Å²) in [7, 11) is 0. The zero-order valence-corrected chi connectivity index (χ0v) is 12.9. The normalized spacial score (nSPS) is 11.1. The van der Waals surface area contributed by atoms with Crippen LogP contribution in [0.25, 0.3) is 0 Å². The lowest BCUT2D eigenvalue weighted by Crippen LogP contribution is -1.93. The number of carbonyl (C=O) groups is 1. The van der Waals surface area contributed by atoms with Crippen LogP contribution >= 0.6 is 11.8 Å². The monoisotopic (exact) mass is 274 g/mol. The van der Waals surface area contributed by atoms with Gasteiger partial charge in [-0.3, -0.25) is 4.79 Å².